The highest BCUT2D eigenvalue weighted by Crippen LogP contribution is 2.58. The molecule has 0 aromatic heterocycles. The van der Waals surface area contributed by atoms with Gasteiger partial charge in [0.2, 0.25) is 0 Å². The number of carbonyl (C=O) groups is 1. The summed E-state index contributed by atoms with van der Waals surface area (Å²) in [5, 5.41) is 0. The lowest BCUT2D eigenvalue weighted by Crippen LogP contribution is -2.38. The molecule has 134 valence electrons. The molecular formula is C21H27NO3. The van der Waals surface area contributed by atoms with E-state index in [0.29, 0.717) is 5.92 Å². The molecule has 4 rings (SSSR count). The summed E-state index contributed by atoms with van der Waals surface area (Å²) < 4.78 is 11.0. The minimum absolute atomic E-state index is 0.110. The van der Waals surface area contributed by atoms with E-state index in [4.69, 9.17) is 9.47 Å². The standard InChI is InChI=1S/C21H27NO3/c1-20(2,3)25-19(23)22-12-15-5-8-18-17-7-6-16(24-4)11-14(17)9-10-21(15,18)13-22/h6-8,11,15H,5,9-10,12-13H2,1-4H3/t15-,21+/m1/s1. The zero-order chi connectivity index (χ0) is 17.8. The fourth-order valence-electron chi connectivity index (χ4n) is 4.83. The second kappa shape index (κ2) is 5.52. The number of carbonyl (C=O) groups excluding carboxylic acids is 1. The van der Waals surface area contributed by atoms with E-state index in [9.17, 15) is 4.79 Å². The number of nitrogens with zero attached hydrogens (tertiary/aromatic N) is 1. The molecule has 2 atom stereocenters. The highest BCUT2D eigenvalue weighted by atomic mass is 16.6. The first-order valence-electron chi connectivity index (χ1n) is 9.18. The summed E-state index contributed by atoms with van der Waals surface area (Å²) in [4.78, 5) is 14.5. The molecular weight excluding hydrogens is 314 g/mol. The van der Waals surface area contributed by atoms with Crippen molar-refractivity contribution in [1.29, 1.82) is 0 Å². The van der Waals surface area contributed by atoms with Gasteiger partial charge in [-0.05, 0) is 74.8 Å². The van der Waals surface area contributed by atoms with Gasteiger partial charge in [0.25, 0.3) is 0 Å². The molecule has 1 aromatic rings. The first kappa shape index (κ1) is 16.5. The Kier molecular flexibility index (Phi) is 3.64. The van der Waals surface area contributed by atoms with Crippen LogP contribution in [-0.4, -0.2) is 36.8 Å². The topological polar surface area (TPSA) is 38.8 Å². The predicted octanol–water partition coefficient (Wildman–Crippen LogP) is 4.28. The third-order valence-corrected chi connectivity index (χ3v) is 5.93. The monoisotopic (exact) mass is 341 g/mol. The van der Waals surface area contributed by atoms with Crippen molar-refractivity contribution < 1.29 is 14.3 Å². The van der Waals surface area contributed by atoms with Crippen LogP contribution in [-0.2, 0) is 11.2 Å². The van der Waals surface area contributed by atoms with E-state index in [2.05, 4.69) is 18.2 Å². The van der Waals surface area contributed by atoms with Crippen molar-refractivity contribution in [3.8, 4) is 5.75 Å². The molecule has 3 aliphatic rings. The summed E-state index contributed by atoms with van der Waals surface area (Å²) in [6.07, 6.45) is 5.43. The summed E-state index contributed by atoms with van der Waals surface area (Å²) >= 11 is 0. The molecule has 1 saturated heterocycles. The summed E-state index contributed by atoms with van der Waals surface area (Å²) in [6, 6.07) is 6.41. The first-order chi connectivity index (χ1) is 11.8. The quantitative estimate of drug-likeness (QED) is 0.765. The van der Waals surface area contributed by atoms with Gasteiger partial charge in [0.1, 0.15) is 11.4 Å². The molecule has 4 heteroatoms. The fourth-order valence-corrected chi connectivity index (χ4v) is 4.83. The number of allylic oxidation sites excluding steroid dienone is 1. The molecule has 0 bridgehead atoms. The number of fused-ring (bicyclic) bond motifs is 2. The average molecular weight is 341 g/mol. The van der Waals surface area contributed by atoms with Gasteiger partial charge in [-0.2, -0.15) is 0 Å². The van der Waals surface area contributed by atoms with Crippen LogP contribution in [0, 0.1) is 11.3 Å². The van der Waals surface area contributed by atoms with Crippen molar-refractivity contribution in [2.45, 2.75) is 45.6 Å². The van der Waals surface area contributed by atoms with Crippen molar-refractivity contribution in [3.63, 3.8) is 0 Å². The second-order valence-electron chi connectivity index (χ2n) is 8.59. The normalized spacial score (nSPS) is 27.3. The highest BCUT2D eigenvalue weighted by molar-refractivity contribution is 5.79. The Balaban J connectivity index is 1.61. The number of amides is 1. The van der Waals surface area contributed by atoms with Crippen molar-refractivity contribution in [3.05, 3.63) is 35.4 Å². The SMILES string of the molecule is COc1ccc2c(c1)CC[C@]13CN(C(=O)OC(C)(C)C)C[C@H]1CC=C23. The maximum Gasteiger partial charge on any atom is 0.410 e. The number of methoxy groups -OCH3 is 1. The van der Waals surface area contributed by atoms with Crippen molar-refractivity contribution in [1.82, 2.24) is 4.90 Å². The Morgan fingerprint density at radius 3 is 2.84 bits per heavy atom. The Morgan fingerprint density at radius 2 is 2.12 bits per heavy atom. The maximum atomic E-state index is 12.6. The molecule has 1 heterocycles. The molecule has 0 N–H and O–H groups in total. The molecule has 2 aliphatic carbocycles. The third kappa shape index (κ3) is 2.62. The Bertz CT molecular complexity index is 746. The lowest BCUT2D eigenvalue weighted by molar-refractivity contribution is 0.0277. The fraction of sp³-hybridized carbons (Fsp3) is 0.571. The lowest BCUT2D eigenvalue weighted by Gasteiger charge is -2.38. The molecule has 4 nitrogen and oxygen atoms in total. The van der Waals surface area contributed by atoms with E-state index >= 15 is 0 Å². The van der Waals surface area contributed by atoms with Crippen LogP contribution < -0.4 is 4.74 Å². The Morgan fingerprint density at radius 1 is 1.32 bits per heavy atom. The van der Waals surface area contributed by atoms with Gasteiger partial charge in [0, 0.05) is 18.5 Å². The zero-order valence-corrected chi connectivity index (χ0v) is 15.6. The molecule has 1 aliphatic heterocycles. The van der Waals surface area contributed by atoms with Crippen molar-refractivity contribution in [2.75, 3.05) is 20.2 Å². The molecule has 1 amide bonds. The lowest BCUT2D eigenvalue weighted by atomic mass is 9.66. The van der Waals surface area contributed by atoms with Crippen molar-refractivity contribution >= 4 is 11.7 Å². The molecule has 1 fully saturated rings. The number of hydrogen-bond acceptors (Lipinski definition) is 3. The number of rotatable bonds is 1. The van der Waals surface area contributed by atoms with E-state index < -0.39 is 5.60 Å². The van der Waals surface area contributed by atoms with Gasteiger partial charge < -0.3 is 14.4 Å². The van der Waals surface area contributed by atoms with Gasteiger partial charge >= 0.3 is 6.09 Å². The molecule has 0 radical (unpaired) electrons. The minimum Gasteiger partial charge on any atom is -0.497 e. The average Bonchev–Trinajstić information content (AvgIpc) is 3.07. The van der Waals surface area contributed by atoms with Crippen LogP contribution in [0.15, 0.2) is 24.3 Å². The van der Waals surface area contributed by atoms with Crippen LogP contribution in [0.1, 0.15) is 44.7 Å². The largest absolute Gasteiger partial charge is 0.497 e. The highest BCUT2D eigenvalue weighted by Gasteiger charge is 2.54. The van der Waals surface area contributed by atoms with E-state index in [1.165, 1.54) is 16.7 Å². The van der Waals surface area contributed by atoms with E-state index in [1.54, 1.807) is 7.11 Å². The van der Waals surface area contributed by atoms with Crippen molar-refractivity contribution in [2.24, 2.45) is 11.3 Å². The molecule has 25 heavy (non-hydrogen) atoms. The van der Waals surface area contributed by atoms with Gasteiger partial charge in [-0.25, -0.2) is 4.79 Å². The molecule has 0 unspecified atom stereocenters. The van der Waals surface area contributed by atoms with Crippen LogP contribution in [0.3, 0.4) is 0 Å². The second-order valence-corrected chi connectivity index (χ2v) is 8.59. The zero-order valence-electron chi connectivity index (χ0n) is 15.6. The smallest absolute Gasteiger partial charge is 0.410 e. The van der Waals surface area contributed by atoms with Crippen LogP contribution in [0.4, 0.5) is 4.79 Å². The predicted molar refractivity (Wildman–Crippen MR) is 97.6 cm³/mol. The van der Waals surface area contributed by atoms with Crippen LogP contribution >= 0.6 is 0 Å². The number of likely N-dealkylation sites (tertiary alicyclic amines) is 1. The maximum absolute atomic E-state index is 12.6. The molecule has 0 saturated carbocycles. The summed E-state index contributed by atoms with van der Waals surface area (Å²) in [5.74, 6) is 1.44. The van der Waals surface area contributed by atoms with Gasteiger partial charge in [-0.3, -0.25) is 0 Å². The van der Waals surface area contributed by atoms with Crippen LogP contribution in [0.2, 0.25) is 0 Å². The number of ether oxygens (including phenoxy) is 2. The van der Waals surface area contributed by atoms with Gasteiger partial charge in [-0.1, -0.05) is 12.1 Å². The van der Waals surface area contributed by atoms with E-state index in [0.717, 1.165) is 38.1 Å². The Hall–Kier alpha value is -1.97. The van der Waals surface area contributed by atoms with E-state index in [1.807, 2.05) is 31.7 Å². The Labute approximate surface area is 149 Å². The molecule has 1 spiro atoms. The number of benzene rings is 1. The summed E-state index contributed by atoms with van der Waals surface area (Å²) in [6.45, 7) is 7.37. The third-order valence-electron chi connectivity index (χ3n) is 5.93. The van der Waals surface area contributed by atoms with Crippen LogP contribution in [0.5, 0.6) is 5.75 Å². The first-order valence-corrected chi connectivity index (χ1v) is 9.18. The van der Waals surface area contributed by atoms with Gasteiger partial charge in [-0.15, -0.1) is 0 Å². The summed E-state index contributed by atoms with van der Waals surface area (Å²) in [5.41, 5.74) is 3.82. The minimum atomic E-state index is -0.444. The summed E-state index contributed by atoms with van der Waals surface area (Å²) in [7, 11) is 1.71. The van der Waals surface area contributed by atoms with Gasteiger partial charge in [0.15, 0.2) is 0 Å². The van der Waals surface area contributed by atoms with Crippen LogP contribution in [0.25, 0.3) is 5.57 Å². The van der Waals surface area contributed by atoms with Gasteiger partial charge in [0.05, 0.1) is 7.11 Å². The molecule has 1 aromatic carbocycles. The van der Waals surface area contributed by atoms with E-state index in [-0.39, 0.29) is 11.5 Å². The number of hydrogen-bond donors (Lipinski definition) is 0. The number of aryl methyl sites for hydroxylation is 1.